The van der Waals surface area contributed by atoms with Crippen molar-refractivity contribution in [3.05, 3.63) is 0 Å². The van der Waals surface area contributed by atoms with Crippen molar-refractivity contribution in [3.8, 4) is 0 Å². The first kappa shape index (κ1) is 14.7. The number of hydrogen-bond donors (Lipinski definition) is 4. The average Bonchev–Trinajstić information content (AvgIpc) is 2.10. The smallest absolute Gasteiger partial charge is 0.391 e. The molecule has 0 aliphatic carbocycles. The van der Waals surface area contributed by atoms with Crippen LogP contribution in [0.15, 0.2) is 0 Å². The second kappa shape index (κ2) is 5.66. The minimum atomic E-state index is -4.54. The van der Waals surface area contributed by atoms with E-state index in [4.69, 9.17) is 25.1 Å². The van der Waals surface area contributed by atoms with Crippen LogP contribution < -0.4 is 0 Å². The Morgan fingerprint density at radius 3 is 2.27 bits per heavy atom. The molecule has 0 aliphatic rings. The predicted molar refractivity (Wildman–Crippen MR) is 48.1 cm³/mol. The minimum Gasteiger partial charge on any atom is -0.391 e. The fourth-order valence-electron chi connectivity index (χ4n) is 0.691. The number of ketones is 1. The van der Waals surface area contributed by atoms with Gasteiger partial charge in [0.25, 0.3) is 0 Å². The van der Waals surface area contributed by atoms with Gasteiger partial charge in [0.05, 0.1) is 6.10 Å². The summed E-state index contributed by atoms with van der Waals surface area (Å²) in [7, 11) is -4.54. The number of aliphatic hydroxyl groups is 3. The maximum atomic E-state index is 11.0. The van der Waals surface area contributed by atoms with Crippen molar-refractivity contribution in [3.63, 3.8) is 0 Å². The molecule has 0 aromatic rings. The van der Waals surface area contributed by atoms with Crippen LogP contribution in [0, 0.1) is 0 Å². The molecular weight excluding hydrogens is 231 g/mol. The molecule has 0 saturated heterocycles. The molecule has 0 saturated carbocycles. The monoisotopic (exact) mass is 245 g/mol. The molecule has 0 aliphatic heterocycles. The molecule has 4 atom stereocenters. The van der Waals surface area contributed by atoms with Crippen LogP contribution in [0.1, 0.15) is 6.92 Å². The fourth-order valence-corrected chi connectivity index (χ4v) is 0.993. The molecule has 0 amide bonds. The molecule has 0 bridgehead atoms. The zero-order valence-electron chi connectivity index (χ0n) is 7.90. The second-order valence-electron chi connectivity index (χ2n) is 2.94. The van der Waals surface area contributed by atoms with Crippen molar-refractivity contribution in [2.24, 2.45) is 0 Å². The van der Waals surface area contributed by atoms with Gasteiger partial charge in [0, 0.05) is 0 Å². The highest BCUT2D eigenvalue weighted by Gasteiger charge is 2.31. The Kier molecular flexibility index (Phi) is 5.54. The number of rotatable bonds is 6. The van der Waals surface area contributed by atoms with Crippen molar-refractivity contribution < 1.29 is 39.0 Å². The van der Waals surface area contributed by atoms with Gasteiger partial charge in [0.15, 0.2) is 5.78 Å². The van der Waals surface area contributed by atoms with E-state index in [1.807, 2.05) is 0 Å². The average molecular weight is 245 g/mol. The van der Waals surface area contributed by atoms with Crippen molar-refractivity contribution >= 4 is 13.6 Å². The SMILES string of the molecule is C[C@H](O)[C@@H](O)[C@@H](O)C(=O)COP(=O)(O)[OH2+]. The molecule has 15 heavy (non-hydrogen) atoms. The van der Waals surface area contributed by atoms with Crippen LogP contribution in [0.5, 0.6) is 0 Å². The summed E-state index contributed by atoms with van der Waals surface area (Å²) in [6.45, 7) is 0.172. The first-order valence-corrected chi connectivity index (χ1v) is 5.52. The summed E-state index contributed by atoms with van der Waals surface area (Å²) in [4.78, 5) is 25.7. The first-order valence-electron chi connectivity index (χ1n) is 3.94. The molecule has 0 rings (SSSR count). The maximum absolute atomic E-state index is 11.0. The Morgan fingerprint density at radius 2 is 1.93 bits per heavy atom. The van der Waals surface area contributed by atoms with E-state index in [0.717, 1.165) is 6.92 Å². The molecule has 0 aromatic heterocycles. The van der Waals surface area contributed by atoms with E-state index in [1.54, 1.807) is 0 Å². The third-order valence-corrected chi connectivity index (χ3v) is 2.01. The van der Waals surface area contributed by atoms with E-state index < -0.39 is 38.5 Å². The summed E-state index contributed by atoms with van der Waals surface area (Å²) in [6.07, 6.45) is -4.96. The van der Waals surface area contributed by atoms with E-state index in [9.17, 15) is 9.36 Å². The van der Waals surface area contributed by atoms with Crippen LogP contribution >= 0.6 is 7.82 Å². The normalized spacial score (nSPS) is 21.5. The molecule has 0 radical (unpaired) electrons. The number of Topliss-reactive ketones (excluding diaryl/α,β-unsaturated/α-hetero) is 1. The highest BCUT2D eigenvalue weighted by molar-refractivity contribution is 7.46. The van der Waals surface area contributed by atoms with Crippen LogP contribution in [-0.2, 0) is 13.9 Å². The largest absolute Gasteiger partial charge is 0.631 e. The van der Waals surface area contributed by atoms with Gasteiger partial charge in [-0.25, -0.2) is 4.52 Å². The third kappa shape index (κ3) is 5.95. The fraction of sp³-hybridized carbons (Fsp3) is 0.833. The molecular formula is C6H14O8P+. The van der Waals surface area contributed by atoms with Crippen molar-refractivity contribution in [2.45, 2.75) is 25.2 Å². The molecule has 0 heterocycles. The van der Waals surface area contributed by atoms with Crippen molar-refractivity contribution in [1.82, 2.24) is 0 Å². The topological polar surface area (TPSA) is 147 Å². The Balaban J connectivity index is 4.17. The number of aliphatic hydroxyl groups excluding tert-OH is 3. The van der Waals surface area contributed by atoms with Crippen LogP contribution in [-0.4, -0.2) is 55.8 Å². The van der Waals surface area contributed by atoms with E-state index in [1.165, 1.54) is 0 Å². The summed E-state index contributed by atoms with van der Waals surface area (Å²) < 4.78 is 14.2. The molecule has 1 unspecified atom stereocenters. The first-order chi connectivity index (χ1) is 6.65. The van der Waals surface area contributed by atoms with Gasteiger partial charge in [-0.1, -0.05) is 0 Å². The van der Waals surface area contributed by atoms with Gasteiger partial charge in [-0.05, 0) is 6.92 Å². The van der Waals surface area contributed by atoms with Crippen LogP contribution in [0.4, 0.5) is 0 Å². The summed E-state index contributed by atoms with van der Waals surface area (Å²) in [5.41, 5.74) is 0. The number of hydrogen-bond acceptors (Lipinski definition) is 6. The van der Waals surface area contributed by atoms with Crippen LogP contribution in [0.3, 0.4) is 0 Å². The molecule has 0 spiro atoms. The highest BCUT2D eigenvalue weighted by atomic mass is 31.2. The second-order valence-corrected chi connectivity index (χ2v) is 4.24. The lowest BCUT2D eigenvalue weighted by Gasteiger charge is -2.18. The Bertz CT molecular complexity index is 258. The summed E-state index contributed by atoms with van der Waals surface area (Å²) in [5.74, 6) is -1.09. The molecule has 90 valence electrons. The van der Waals surface area contributed by atoms with Gasteiger partial charge in [-0.2, -0.15) is 4.57 Å². The third-order valence-electron chi connectivity index (χ3n) is 1.53. The zero-order valence-corrected chi connectivity index (χ0v) is 8.79. The quantitative estimate of drug-likeness (QED) is 0.298. The number of carbonyl (C=O) groups excluding carboxylic acids is 1. The maximum Gasteiger partial charge on any atom is 0.631 e. The van der Waals surface area contributed by atoms with E-state index in [0.29, 0.717) is 0 Å². The lowest BCUT2D eigenvalue weighted by molar-refractivity contribution is -0.140. The summed E-state index contributed by atoms with van der Waals surface area (Å²) in [6, 6.07) is 0. The van der Waals surface area contributed by atoms with Crippen molar-refractivity contribution in [2.75, 3.05) is 6.61 Å². The van der Waals surface area contributed by atoms with Gasteiger partial charge in [-0.3, -0.25) is 9.69 Å². The number of carbonyl (C=O) groups is 1. The van der Waals surface area contributed by atoms with Gasteiger partial charge < -0.3 is 20.2 Å². The Morgan fingerprint density at radius 1 is 1.47 bits per heavy atom. The molecule has 9 heteroatoms. The lowest BCUT2D eigenvalue weighted by atomic mass is 10.1. The van der Waals surface area contributed by atoms with E-state index in [-0.39, 0.29) is 0 Å². The Labute approximate surface area is 85.4 Å². The van der Waals surface area contributed by atoms with Gasteiger partial charge in [-0.15, -0.1) is 0 Å². The highest BCUT2D eigenvalue weighted by Crippen LogP contribution is 2.35. The summed E-state index contributed by atoms with van der Waals surface area (Å²) in [5, 5.41) is 26.9. The zero-order chi connectivity index (χ0) is 12.2. The van der Waals surface area contributed by atoms with Crippen molar-refractivity contribution in [1.29, 1.82) is 0 Å². The van der Waals surface area contributed by atoms with Crippen LogP contribution in [0.2, 0.25) is 0 Å². The minimum absolute atomic E-state index is 0.984. The molecule has 8 nitrogen and oxygen atoms in total. The van der Waals surface area contributed by atoms with E-state index in [2.05, 4.69) is 4.52 Å². The molecule has 0 fully saturated rings. The van der Waals surface area contributed by atoms with E-state index >= 15 is 0 Å². The predicted octanol–water partition coefficient (Wildman–Crippen LogP) is -2.50. The molecule has 6 N–H and O–H groups in total. The Hall–Kier alpha value is -0.340. The lowest BCUT2D eigenvalue weighted by Crippen LogP contribution is -2.42. The van der Waals surface area contributed by atoms with Gasteiger partial charge in [0.2, 0.25) is 0 Å². The van der Waals surface area contributed by atoms with Gasteiger partial charge in [0.1, 0.15) is 18.8 Å². The molecule has 0 aromatic carbocycles. The summed E-state index contributed by atoms with van der Waals surface area (Å²) >= 11 is 0. The van der Waals surface area contributed by atoms with Crippen LogP contribution in [0.25, 0.3) is 0 Å². The standard InChI is InChI=1S/C6H13O8P/c1-3(7)5(9)6(10)4(8)2-14-15(11,12)13/h3,5-7,9-10H,2H2,1H3,(H2,11,12,13)/p+1/t3-,5+,6-/m0/s1. The van der Waals surface area contributed by atoms with Gasteiger partial charge >= 0.3 is 7.82 Å².